The van der Waals surface area contributed by atoms with E-state index in [2.05, 4.69) is 37.2 Å². The molecule has 0 spiro atoms. The zero-order valence-electron chi connectivity index (χ0n) is 14.7. The summed E-state index contributed by atoms with van der Waals surface area (Å²) in [5, 5.41) is 7.13. The molecule has 0 radical (unpaired) electrons. The normalized spacial score (nSPS) is 15.3. The molecule has 0 aromatic carbocycles. The molecule has 0 aliphatic carbocycles. The van der Waals surface area contributed by atoms with Gasteiger partial charge in [-0.25, -0.2) is 14.5 Å². The average Bonchev–Trinajstić information content (AvgIpc) is 3.11. The van der Waals surface area contributed by atoms with E-state index in [1.165, 1.54) is 0 Å². The number of carbonyl (C=O) groups excluding carboxylic acids is 1. The lowest BCUT2D eigenvalue weighted by molar-refractivity contribution is 0.0952. The van der Waals surface area contributed by atoms with Gasteiger partial charge in [-0.05, 0) is 19.2 Å². The van der Waals surface area contributed by atoms with Crippen molar-refractivity contribution in [3.63, 3.8) is 0 Å². The highest BCUT2D eigenvalue weighted by atomic mass is 16.1. The van der Waals surface area contributed by atoms with Crippen LogP contribution in [0.5, 0.6) is 0 Å². The van der Waals surface area contributed by atoms with Crippen molar-refractivity contribution in [1.29, 1.82) is 0 Å². The van der Waals surface area contributed by atoms with Crippen molar-refractivity contribution in [3.8, 4) is 0 Å². The molecule has 1 aliphatic heterocycles. The van der Waals surface area contributed by atoms with Crippen LogP contribution in [0.3, 0.4) is 0 Å². The van der Waals surface area contributed by atoms with Crippen LogP contribution in [0.25, 0.3) is 5.65 Å². The molecule has 1 aliphatic rings. The van der Waals surface area contributed by atoms with Crippen molar-refractivity contribution in [2.24, 2.45) is 0 Å². The van der Waals surface area contributed by atoms with Crippen LogP contribution in [0.2, 0.25) is 0 Å². The fourth-order valence-electron chi connectivity index (χ4n) is 3.13. The molecular formula is C18H21N7O. The summed E-state index contributed by atoms with van der Waals surface area (Å²) in [6.07, 6.45) is 6.77. The third-order valence-corrected chi connectivity index (χ3v) is 4.63. The standard InChI is InChI=1S/C18H21N7O/c1-23-8-10-24(11-9-23)16-14(4-2-5-19-16)12-21-18(26)15-13-22-25-7-3-6-20-17(15)25/h2-7,13H,8-12H2,1H3,(H,21,26). The van der Waals surface area contributed by atoms with Crippen LogP contribution in [-0.2, 0) is 6.54 Å². The monoisotopic (exact) mass is 351 g/mol. The first-order valence-electron chi connectivity index (χ1n) is 8.66. The second kappa shape index (κ2) is 7.09. The first-order valence-corrected chi connectivity index (χ1v) is 8.66. The molecule has 0 saturated carbocycles. The molecule has 1 N–H and O–H groups in total. The van der Waals surface area contributed by atoms with Gasteiger partial charge in [0.25, 0.3) is 5.91 Å². The topological polar surface area (TPSA) is 78.7 Å². The predicted molar refractivity (Wildman–Crippen MR) is 98.1 cm³/mol. The Hall–Kier alpha value is -3.00. The minimum atomic E-state index is -0.188. The third kappa shape index (κ3) is 3.23. The van der Waals surface area contributed by atoms with Crippen molar-refractivity contribution in [1.82, 2.24) is 29.8 Å². The lowest BCUT2D eigenvalue weighted by Gasteiger charge is -2.34. The first-order chi connectivity index (χ1) is 12.7. The van der Waals surface area contributed by atoms with Crippen molar-refractivity contribution >= 4 is 17.4 Å². The Bertz CT molecular complexity index is 915. The molecule has 1 amide bonds. The Labute approximate surface area is 151 Å². The number of fused-ring (bicyclic) bond motifs is 1. The number of carbonyl (C=O) groups is 1. The fourth-order valence-corrected chi connectivity index (χ4v) is 3.13. The van der Waals surface area contributed by atoms with Gasteiger partial charge in [0.15, 0.2) is 5.65 Å². The molecule has 8 nitrogen and oxygen atoms in total. The summed E-state index contributed by atoms with van der Waals surface area (Å²) in [5.41, 5.74) is 2.03. The second-order valence-electron chi connectivity index (χ2n) is 6.41. The number of nitrogens with one attached hydrogen (secondary N) is 1. The van der Waals surface area contributed by atoms with Crippen molar-refractivity contribution in [3.05, 3.63) is 54.1 Å². The maximum absolute atomic E-state index is 12.6. The molecule has 1 fully saturated rings. The zero-order valence-corrected chi connectivity index (χ0v) is 14.7. The minimum absolute atomic E-state index is 0.188. The fraction of sp³-hybridized carbons (Fsp3) is 0.333. The number of anilines is 1. The van der Waals surface area contributed by atoms with Gasteiger partial charge in [-0.1, -0.05) is 6.07 Å². The second-order valence-corrected chi connectivity index (χ2v) is 6.41. The SMILES string of the molecule is CN1CCN(c2ncccc2CNC(=O)c2cnn3cccnc23)CC1. The Morgan fingerprint density at radius 1 is 1.15 bits per heavy atom. The van der Waals surface area contributed by atoms with Crippen LogP contribution in [0, 0.1) is 0 Å². The summed E-state index contributed by atoms with van der Waals surface area (Å²) >= 11 is 0. The quantitative estimate of drug-likeness (QED) is 0.749. The predicted octanol–water partition coefficient (Wildman–Crippen LogP) is 0.806. The highest BCUT2D eigenvalue weighted by molar-refractivity contribution is 5.99. The molecule has 1 saturated heterocycles. The highest BCUT2D eigenvalue weighted by Gasteiger charge is 2.19. The first kappa shape index (κ1) is 16.5. The molecule has 3 aromatic rings. The van der Waals surface area contributed by atoms with Crippen molar-refractivity contribution in [2.75, 3.05) is 38.1 Å². The molecule has 4 rings (SSSR count). The molecule has 4 heterocycles. The number of amides is 1. The van der Waals surface area contributed by atoms with Crippen LogP contribution in [0.4, 0.5) is 5.82 Å². The number of piperazine rings is 1. The van der Waals surface area contributed by atoms with E-state index >= 15 is 0 Å². The van der Waals surface area contributed by atoms with Gasteiger partial charge >= 0.3 is 0 Å². The van der Waals surface area contributed by atoms with E-state index in [1.807, 2.05) is 12.1 Å². The lowest BCUT2D eigenvalue weighted by Crippen LogP contribution is -2.45. The number of nitrogens with zero attached hydrogens (tertiary/aromatic N) is 6. The molecule has 0 unspecified atom stereocenters. The maximum atomic E-state index is 12.6. The van der Waals surface area contributed by atoms with Gasteiger partial charge in [0.1, 0.15) is 11.4 Å². The van der Waals surface area contributed by atoms with Gasteiger partial charge < -0.3 is 15.1 Å². The number of hydrogen-bond acceptors (Lipinski definition) is 6. The van der Waals surface area contributed by atoms with E-state index in [0.717, 1.165) is 37.6 Å². The molecular weight excluding hydrogens is 330 g/mol. The van der Waals surface area contributed by atoms with Gasteiger partial charge in [-0.3, -0.25) is 4.79 Å². The Kier molecular flexibility index (Phi) is 4.49. The third-order valence-electron chi connectivity index (χ3n) is 4.63. The molecule has 26 heavy (non-hydrogen) atoms. The van der Waals surface area contributed by atoms with Crippen molar-refractivity contribution in [2.45, 2.75) is 6.54 Å². The molecule has 0 bridgehead atoms. The van der Waals surface area contributed by atoms with E-state index in [1.54, 1.807) is 35.4 Å². The number of pyridine rings is 1. The van der Waals surface area contributed by atoms with E-state index in [-0.39, 0.29) is 5.91 Å². The summed E-state index contributed by atoms with van der Waals surface area (Å²) in [7, 11) is 2.13. The van der Waals surface area contributed by atoms with Crippen LogP contribution in [-0.4, -0.2) is 63.6 Å². The number of rotatable bonds is 4. The van der Waals surface area contributed by atoms with E-state index in [0.29, 0.717) is 17.8 Å². The zero-order chi connectivity index (χ0) is 17.9. The smallest absolute Gasteiger partial charge is 0.257 e. The van der Waals surface area contributed by atoms with Gasteiger partial charge in [0.2, 0.25) is 0 Å². The summed E-state index contributed by atoms with van der Waals surface area (Å²) in [5.74, 6) is 0.755. The summed E-state index contributed by atoms with van der Waals surface area (Å²) in [6, 6.07) is 5.69. The molecule has 134 valence electrons. The molecule has 3 aromatic heterocycles. The summed E-state index contributed by atoms with van der Waals surface area (Å²) in [6.45, 7) is 4.31. The number of hydrogen-bond donors (Lipinski definition) is 1. The maximum Gasteiger partial charge on any atom is 0.257 e. The van der Waals surface area contributed by atoms with Gasteiger partial charge in [-0.2, -0.15) is 5.10 Å². The van der Waals surface area contributed by atoms with E-state index in [9.17, 15) is 4.79 Å². The highest BCUT2D eigenvalue weighted by Crippen LogP contribution is 2.19. The molecule has 8 heteroatoms. The van der Waals surface area contributed by atoms with Crippen LogP contribution in [0.15, 0.2) is 43.0 Å². The van der Waals surface area contributed by atoms with Gasteiger partial charge in [0.05, 0.1) is 6.20 Å². The van der Waals surface area contributed by atoms with E-state index in [4.69, 9.17) is 0 Å². The Balaban J connectivity index is 1.49. The minimum Gasteiger partial charge on any atom is -0.354 e. The van der Waals surface area contributed by atoms with Gasteiger partial charge in [-0.15, -0.1) is 0 Å². The summed E-state index contributed by atoms with van der Waals surface area (Å²) < 4.78 is 1.59. The van der Waals surface area contributed by atoms with E-state index < -0.39 is 0 Å². The Morgan fingerprint density at radius 2 is 1.96 bits per heavy atom. The average molecular weight is 351 g/mol. The number of aromatic nitrogens is 4. The van der Waals surface area contributed by atoms with Crippen molar-refractivity contribution < 1.29 is 4.79 Å². The van der Waals surface area contributed by atoms with Crippen LogP contribution in [0.1, 0.15) is 15.9 Å². The number of likely N-dealkylation sites (N-methyl/N-ethyl adjacent to an activating group) is 1. The lowest BCUT2D eigenvalue weighted by atomic mass is 10.2. The Morgan fingerprint density at radius 3 is 2.81 bits per heavy atom. The van der Waals surface area contributed by atoms with Crippen LogP contribution >= 0.6 is 0 Å². The largest absolute Gasteiger partial charge is 0.354 e. The summed E-state index contributed by atoms with van der Waals surface area (Å²) in [4.78, 5) is 25.9. The van der Waals surface area contributed by atoms with Gasteiger partial charge in [0, 0.05) is 56.9 Å². The van der Waals surface area contributed by atoms with Crippen LogP contribution < -0.4 is 10.2 Å². The molecule has 0 atom stereocenters.